The number of nitrogens with zero attached hydrogens (tertiary/aromatic N) is 3. The van der Waals surface area contributed by atoms with Gasteiger partial charge in [0.15, 0.2) is 0 Å². The van der Waals surface area contributed by atoms with Crippen molar-refractivity contribution in [3.05, 3.63) is 29.8 Å². The molecular formula is C9H10FN5. The van der Waals surface area contributed by atoms with Gasteiger partial charge in [0.1, 0.15) is 6.17 Å². The summed E-state index contributed by atoms with van der Waals surface area (Å²) < 4.78 is 13.3. The van der Waals surface area contributed by atoms with Gasteiger partial charge in [-0.2, -0.15) is 5.21 Å². The highest BCUT2D eigenvalue weighted by atomic mass is 19.1. The number of halogens is 1. The minimum absolute atomic E-state index is 0.0320. The van der Waals surface area contributed by atoms with E-state index in [0.29, 0.717) is 11.4 Å². The largest absolute Gasteiger partial charge is 0.327 e. The zero-order valence-corrected chi connectivity index (χ0v) is 7.89. The Kier molecular flexibility index (Phi) is 2.68. The van der Waals surface area contributed by atoms with Crippen LogP contribution in [-0.4, -0.2) is 27.2 Å². The summed E-state index contributed by atoms with van der Waals surface area (Å²) in [5.41, 5.74) is 6.50. The molecule has 0 spiro atoms. The van der Waals surface area contributed by atoms with Crippen molar-refractivity contribution >= 4 is 0 Å². The Morgan fingerprint density at radius 2 is 2.33 bits per heavy atom. The maximum absolute atomic E-state index is 13.3. The number of aromatic amines is 1. The first-order valence-electron chi connectivity index (χ1n) is 4.49. The van der Waals surface area contributed by atoms with Crippen molar-refractivity contribution in [1.29, 1.82) is 0 Å². The van der Waals surface area contributed by atoms with Crippen LogP contribution in [0, 0.1) is 0 Å². The van der Waals surface area contributed by atoms with Gasteiger partial charge < -0.3 is 5.73 Å². The number of nitrogens with two attached hydrogens (primary N) is 1. The van der Waals surface area contributed by atoms with Crippen molar-refractivity contribution in [3.63, 3.8) is 0 Å². The normalized spacial score (nSPS) is 12.7. The van der Waals surface area contributed by atoms with E-state index < -0.39 is 6.17 Å². The van der Waals surface area contributed by atoms with E-state index in [1.165, 1.54) is 0 Å². The van der Waals surface area contributed by atoms with Gasteiger partial charge in [-0.25, -0.2) is 4.39 Å². The molecule has 0 saturated carbocycles. The van der Waals surface area contributed by atoms with E-state index in [4.69, 9.17) is 5.73 Å². The molecule has 0 radical (unpaired) electrons. The Hall–Kier alpha value is -1.82. The second-order valence-corrected chi connectivity index (χ2v) is 3.06. The number of alkyl halides is 1. The second kappa shape index (κ2) is 4.14. The van der Waals surface area contributed by atoms with Gasteiger partial charge in [0.25, 0.3) is 0 Å². The van der Waals surface area contributed by atoms with Gasteiger partial charge in [0, 0.05) is 12.1 Å². The maximum Gasteiger partial charge on any atom is 0.204 e. The zero-order valence-electron chi connectivity index (χ0n) is 7.89. The standard InChI is InChI=1S/C9H10FN5/c10-8(5-11)6-2-1-3-7(4-6)9-12-14-15-13-9/h1-4,8H,5,11H2,(H,12,13,14,15). The fraction of sp³-hybridized carbons (Fsp3) is 0.222. The summed E-state index contributed by atoms with van der Waals surface area (Å²) in [6.07, 6.45) is -1.16. The average molecular weight is 207 g/mol. The predicted octanol–water partition coefficient (Wildman–Crippen LogP) is 0.836. The molecule has 3 N–H and O–H groups in total. The molecule has 1 aromatic carbocycles. The van der Waals surface area contributed by atoms with Crippen LogP contribution < -0.4 is 5.73 Å². The van der Waals surface area contributed by atoms with Crippen molar-refractivity contribution in [1.82, 2.24) is 20.6 Å². The molecule has 0 amide bonds. The van der Waals surface area contributed by atoms with Gasteiger partial charge in [-0.15, -0.1) is 10.2 Å². The van der Waals surface area contributed by atoms with Crippen molar-refractivity contribution in [2.75, 3.05) is 6.54 Å². The molecular weight excluding hydrogens is 197 g/mol. The smallest absolute Gasteiger partial charge is 0.204 e. The zero-order chi connectivity index (χ0) is 10.7. The van der Waals surface area contributed by atoms with Gasteiger partial charge in [-0.1, -0.05) is 18.2 Å². The summed E-state index contributed by atoms with van der Waals surface area (Å²) in [4.78, 5) is 0. The summed E-state index contributed by atoms with van der Waals surface area (Å²) in [5.74, 6) is 0.445. The third-order valence-electron chi connectivity index (χ3n) is 2.06. The molecule has 1 heterocycles. The van der Waals surface area contributed by atoms with Crippen LogP contribution >= 0.6 is 0 Å². The van der Waals surface area contributed by atoms with E-state index in [1.54, 1.807) is 24.3 Å². The van der Waals surface area contributed by atoms with Crippen LogP contribution in [0.4, 0.5) is 4.39 Å². The lowest BCUT2D eigenvalue weighted by molar-refractivity contribution is 0.353. The lowest BCUT2D eigenvalue weighted by Gasteiger charge is -2.05. The monoisotopic (exact) mass is 207 g/mol. The minimum atomic E-state index is -1.16. The molecule has 0 aliphatic heterocycles. The summed E-state index contributed by atoms with van der Waals surface area (Å²) in [7, 11) is 0. The Morgan fingerprint density at radius 3 is 3.00 bits per heavy atom. The number of benzene rings is 1. The molecule has 1 unspecified atom stereocenters. The molecule has 0 bridgehead atoms. The van der Waals surface area contributed by atoms with E-state index >= 15 is 0 Å². The van der Waals surface area contributed by atoms with Crippen molar-refractivity contribution in [3.8, 4) is 11.4 Å². The predicted molar refractivity (Wildman–Crippen MR) is 52.5 cm³/mol. The quantitative estimate of drug-likeness (QED) is 0.781. The number of hydrogen-bond donors (Lipinski definition) is 2. The molecule has 1 aromatic heterocycles. The maximum atomic E-state index is 13.3. The van der Waals surface area contributed by atoms with Crippen molar-refractivity contribution in [2.45, 2.75) is 6.17 Å². The van der Waals surface area contributed by atoms with Crippen molar-refractivity contribution in [2.24, 2.45) is 5.73 Å². The van der Waals surface area contributed by atoms with E-state index in [1.807, 2.05) is 0 Å². The first-order valence-corrected chi connectivity index (χ1v) is 4.49. The Bertz CT molecular complexity index is 428. The van der Waals surface area contributed by atoms with Gasteiger partial charge >= 0.3 is 0 Å². The van der Waals surface area contributed by atoms with Crippen LogP contribution in [-0.2, 0) is 0 Å². The first kappa shape index (κ1) is 9.72. The summed E-state index contributed by atoms with van der Waals surface area (Å²) in [5, 5.41) is 13.4. The highest BCUT2D eigenvalue weighted by Gasteiger charge is 2.09. The van der Waals surface area contributed by atoms with Gasteiger partial charge in [0.05, 0.1) is 0 Å². The highest BCUT2D eigenvalue weighted by molar-refractivity contribution is 5.55. The molecule has 0 saturated heterocycles. The Balaban J connectivity index is 2.35. The molecule has 2 rings (SSSR count). The number of nitrogens with one attached hydrogen (secondary N) is 1. The summed E-state index contributed by atoms with van der Waals surface area (Å²) >= 11 is 0. The van der Waals surface area contributed by atoms with Crippen LogP contribution in [0.2, 0.25) is 0 Å². The lowest BCUT2D eigenvalue weighted by Crippen LogP contribution is -2.07. The van der Waals surface area contributed by atoms with E-state index in [0.717, 1.165) is 5.56 Å². The molecule has 1 atom stereocenters. The van der Waals surface area contributed by atoms with E-state index in [-0.39, 0.29) is 6.54 Å². The van der Waals surface area contributed by atoms with Gasteiger partial charge in [0.2, 0.25) is 5.82 Å². The topological polar surface area (TPSA) is 80.5 Å². The third-order valence-corrected chi connectivity index (χ3v) is 2.06. The first-order chi connectivity index (χ1) is 7.31. The number of aromatic nitrogens is 4. The lowest BCUT2D eigenvalue weighted by atomic mass is 10.1. The molecule has 2 aromatic rings. The van der Waals surface area contributed by atoms with Gasteiger partial charge in [-0.05, 0) is 16.8 Å². The second-order valence-electron chi connectivity index (χ2n) is 3.06. The fourth-order valence-electron chi connectivity index (χ4n) is 1.29. The molecule has 0 fully saturated rings. The highest BCUT2D eigenvalue weighted by Crippen LogP contribution is 2.21. The number of rotatable bonds is 3. The molecule has 0 aliphatic carbocycles. The van der Waals surface area contributed by atoms with Crippen LogP contribution in [0.15, 0.2) is 24.3 Å². The van der Waals surface area contributed by atoms with Gasteiger partial charge in [-0.3, -0.25) is 0 Å². The van der Waals surface area contributed by atoms with Crippen LogP contribution in [0.3, 0.4) is 0 Å². The van der Waals surface area contributed by atoms with Crippen LogP contribution in [0.25, 0.3) is 11.4 Å². The molecule has 78 valence electrons. The molecule has 0 aliphatic rings. The van der Waals surface area contributed by atoms with Crippen molar-refractivity contribution < 1.29 is 4.39 Å². The van der Waals surface area contributed by atoms with Crippen LogP contribution in [0.5, 0.6) is 0 Å². The Labute approximate surface area is 85.5 Å². The number of tetrazole rings is 1. The van der Waals surface area contributed by atoms with Crippen LogP contribution in [0.1, 0.15) is 11.7 Å². The van der Waals surface area contributed by atoms with E-state index in [2.05, 4.69) is 20.6 Å². The third kappa shape index (κ3) is 1.99. The fourth-order valence-corrected chi connectivity index (χ4v) is 1.29. The SMILES string of the molecule is NCC(F)c1cccc(-c2nn[nH]n2)c1. The molecule has 5 nitrogen and oxygen atoms in total. The average Bonchev–Trinajstić information content (AvgIpc) is 2.82. The minimum Gasteiger partial charge on any atom is -0.327 e. The molecule has 15 heavy (non-hydrogen) atoms. The summed E-state index contributed by atoms with van der Waals surface area (Å²) in [6.45, 7) is -0.0320. The number of hydrogen-bond acceptors (Lipinski definition) is 4. The molecule has 6 heteroatoms. The van der Waals surface area contributed by atoms with E-state index in [9.17, 15) is 4.39 Å². The Morgan fingerprint density at radius 1 is 1.47 bits per heavy atom. The number of H-pyrrole nitrogens is 1. The summed E-state index contributed by atoms with van der Waals surface area (Å²) in [6, 6.07) is 6.88.